The highest BCUT2D eigenvalue weighted by Gasteiger charge is 2.30. The molecule has 0 aliphatic carbocycles. The molecule has 1 aromatic carbocycles. The summed E-state index contributed by atoms with van der Waals surface area (Å²) in [6, 6.07) is 5.14. The number of nitrogens with zero attached hydrogens (tertiary/aromatic N) is 4. The third-order valence-electron chi connectivity index (χ3n) is 4.88. The van der Waals surface area contributed by atoms with Crippen molar-refractivity contribution in [1.29, 1.82) is 0 Å². The minimum absolute atomic E-state index is 0.0488. The van der Waals surface area contributed by atoms with Crippen LogP contribution in [0.5, 0.6) is 0 Å². The first kappa shape index (κ1) is 18.3. The Morgan fingerprint density at radius 3 is 2.73 bits per heavy atom. The number of carbonyl (C=O) groups excluding carboxylic acids is 1. The van der Waals surface area contributed by atoms with E-state index in [2.05, 4.69) is 14.9 Å². The predicted octanol–water partition coefficient (Wildman–Crippen LogP) is 2.16. The lowest BCUT2D eigenvalue weighted by Crippen LogP contribution is -2.36. The van der Waals surface area contributed by atoms with E-state index >= 15 is 0 Å². The van der Waals surface area contributed by atoms with E-state index in [4.69, 9.17) is 5.73 Å². The molecule has 3 rings (SSSR count). The zero-order valence-electron chi connectivity index (χ0n) is 15.4. The molecule has 138 valence electrons. The van der Waals surface area contributed by atoms with E-state index in [1.54, 1.807) is 38.2 Å². The molecule has 0 saturated carbocycles. The Bertz CT molecular complexity index is 802. The lowest BCUT2D eigenvalue weighted by Gasteiger charge is -2.24. The molecule has 1 saturated heterocycles. The molecule has 1 amide bonds. The molecule has 1 aliphatic rings. The van der Waals surface area contributed by atoms with Gasteiger partial charge in [-0.2, -0.15) is 0 Å². The summed E-state index contributed by atoms with van der Waals surface area (Å²) in [7, 11) is 2.00. The van der Waals surface area contributed by atoms with E-state index in [1.807, 2.05) is 11.9 Å². The molecule has 0 bridgehead atoms. The van der Waals surface area contributed by atoms with Gasteiger partial charge in [-0.05, 0) is 56.6 Å². The summed E-state index contributed by atoms with van der Waals surface area (Å²) in [5.41, 5.74) is 7.25. The Hall–Kier alpha value is -2.54. The summed E-state index contributed by atoms with van der Waals surface area (Å²) in [5, 5.41) is 0. The summed E-state index contributed by atoms with van der Waals surface area (Å²) in [6.07, 6.45) is 2.53. The van der Waals surface area contributed by atoms with Crippen molar-refractivity contribution in [3.8, 4) is 0 Å². The van der Waals surface area contributed by atoms with Crippen molar-refractivity contribution in [2.45, 2.75) is 32.9 Å². The molecule has 0 unspecified atom stereocenters. The van der Waals surface area contributed by atoms with Crippen LogP contribution in [0.1, 0.15) is 33.7 Å². The van der Waals surface area contributed by atoms with Gasteiger partial charge in [-0.25, -0.2) is 14.4 Å². The number of aryl methyl sites for hydroxylation is 2. The zero-order valence-corrected chi connectivity index (χ0v) is 15.4. The number of anilines is 1. The van der Waals surface area contributed by atoms with Crippen LogP contribution in [-0.2, 0) is 6.54 Å². The number of benzene rings is 1. The summed E-state index contributed by atoms with van der Waals surface area (Å²) >= 11 is 0. The lowest BCUT2D eigenvalue weighted by molar-refractivity contribution is 0.0779. The van der Waals surface area contributed by atoms with Crippen molar-refractivity contribution < 1.29 is 9.18 Å². The van der Waals surface area contributed by atoms with Crippen LogP contribution in [0, 0.1) is 19.7 Å². The number of aromatic nitrogens is 2. The van der Waals surface area contributed by atoms with Gasteiger partial charge in [-0.1, -0.05) is 0 Å². The molecule has 1 aromatic heterocycles. The molecule has 7 heteroatoms. The number of nitrogens with two attached hydrogens (primary N) is 1. The number of rotatable bonds is 4. The number of carbonyl (C=O) groups is 1. The lowest BCUT2D eigenvalue weighted by atomic mass is 10.1. The number of hydrogen-bond acceptors (Lipinski definition) is 5. The van der Waals surface area contributed by atoms with Gasteiger partial charge >= 0.3 is 0 Å². The molecule has 0 radical (unpaired) electrons. The molecule has 6 nitrogen and oxygen atoms in total. The van der Waals surface area contributed by atoms with Gasteiger partial charge in [0.05, 0.1) is 6.54 Å². The first-order chi connectivity index (χ1) is 12.3. The van der Waals surface area contributed by atoms with Gasteiger partial charge in [0.2, 0.25) is 0 Å². The summed E-state index contributed by atoms with van der Waals surface area (Å²) in [6.45, 7) is 5.26. The third-order valence-corrected chi connectivity index (χ3v) is 4.88. The van der Waals surface area contributed by atoms with Gasteiger partial charge in [0.1, 0.15) is 17.5 Å². The number of likely N-dealkylation sites (tertiary alicyclic amines) is 1. The maximum absolute atomic E-state index is 13.8. The van der Waals surface area contributed by atoms with Crippen molar-refractivity contribution in [3.05, 3.63) is 52.7 Å². The van der Waals surface area contributed by atoms with Gasteiger partial charge in [0.25, 0.3) is 5.91 Å². The molecule has 0 spiro atoms. The van der Waals surface area contributed by atoms with E-state index < -0.39 is 0 Å². The van der Waals surface area contributed by atoms with Crippen molar-refractivity contribution in [2.75, 3.05) is 25.9 Å². The van der Waals surface area contributed by atoms with Crippen molar-refractivity contribution >= 4 is 11.7 Å². The first-order valence-electron chi connectivity index (χ1n) is 8.69. The maximum atomic E-state index is 13.8. The molecule has 1 aliphatic heterocycles. The van der Waals surface area contributed by atoms with Crippen LogP contribution in [-0.4, -0.2) is 51.9 Å². The largest absolute Gasteiger partial charge is 0.384 e. The minimum Gasteiger partial charge on any atom is -0.384 e. The molecular weight excluding hydrogens is 333 g/mol. The average Bonchev–Trinajstić information content (AvgIpc) is 3.09. The van der Waals surface area contributed by atoms with Crippen LogP contribution < -0.4 is 5.73 Å². The summed E-state index contributed by atoms with van der Waals surface area (Å²) in [4.78, 5) is 25.2. The number of hydrogen-bond donors (Lipinski definition) is 1. The first-order valence-corrected chi connectivity index (χ1v) is 8.69. The minimum atomic E-state index is -0.247. The second-order valence-electron chi connectivity index (χ2n) is 6.93. The Balaban J connectivity index is 1.65. The zero-order chi connectivity index (χ0) is 18.8. The molecule has 2 heterocycles. The summed E-state index contributed by atoms with van der Waals surface area (Å²) < 4.78 is 13.8. The average molecular weight is 357 g/mol. The smallest absolute Gasteiger partial charge is 0.253 e. The van der Waals surface area contributed by atoms with Gasteiger partial charge in [-0.15, -0.1) is 0 Å². The van der Waals surface area contributed by atoms with E-state index in [1.165, 1.54) is 0 Å². The molecule has 26 heavy (non-hydrogen) atoms. The van der Waals surface area contributed by atoms with E-state index in [0.29, 0.717) is 48.0 Å². The monoisotopic (exact) mass is 357 g/mol. The van der Waals surface area contributed by atoms with E-state index in [-0.39, 0.29) is 17.8 Å². The van der Waals surface area contributed by atoms with Crippen LogP contribution in [0.2, 0.25) is 0 Å². The second kappa shape index (κ2) is 7.37. The third kappa shape index (κ3) is 3.83. The number of nitrogen functional groups attached to an aromatic ring is 1. The van der Waals surface area contributed by atoms with Crippen molar-refractivity contribution in [2.24, 2.45) is 0 Å². The second-order valence-corrected chi connectivity index (χ2v) is 6.93. The predicted molar refractivity (Wildman–Crippen MR) is 98.1 cm³/mol. The molecule has 1 atom stereocenters. The fourth-order valence-electron chi connectivity index (χ4n) is 3.38. The Morgan fingerprint density at radius 1 is 1.38 bits per heavy atom. The molecule has 1 fully saturated rings. The molecular formula is C19H24FN5O. The fourth-order valence-corrected chi connectivity index (χ4v) is 3.38. The van der Waals surface area contributed by atoms with Crippen LogP contribution in [0.3, 0.4) is 0 Å². The van der Waals surface area contributed by atoms with Crippen LogP contribution in [0.4, 0.5) is 10.2 Å². The molecule has 2 aromatic rings. The quantitative estimate of drug-likeness (QED) is 0.908. The highest BCUT2D eigenvalue weighted by Crippen LogP contribution is 2.21. The fraction of sp³-hybridized carbons (Fsp3) is 0.421. The van der Waals surface area contributed by atoms with Crippen LogP contribution >= 0.6 is 0 Å². The van der Waals surface area contributed by atoms with Crippen molar-refractivity contribution in [3.63, 3.8) is 0 Å². The normalized spacial score (nSPS) is 17.1. The number of amides is 1. The standard InChI is InChI=1S/C19H24FN5O/c1-12-8-14(9-13(2)18(12)20)19(26)25-7-5-15(10-25)24(3)11-17-22-6-4-16(21)23-17/h4,6,8-9,15H,5,7,10-11H2,1-3H3,(H2,21,22,23)/t15-/m1/s1. The Morgan fingerprint density at radius 2 is 2.08 bits per heavy atom. The maximum Gasteiger partial charge on any atom is 0.253 e. The number of halogens is 1. The Labute approximate surface area is 152 Å². The molecule has 2 N–H and O–H groups in total. The summed E-state index contributed by atoms with van der Waals surface area (Å²) in [5.74, 6) is 0.825. The van der Waals surface area contributed by atoms with Crippen LogP contribution in [0.15, 0.2) is 24.4 Å². The highest BCUT2D eigenvalue weighted by atomic mass is 19.1. The number of likely N-dealkylation sites (N-methyl/N-ethyl adjacent to an activating group) is 1. The highest BCUT2D eigenvalue weighted by molar-refractivity contribution is 5.94. The van der Waals surface area contributed by atoms with Crippen LogP contribution in [0.25, 0.3) is 0 Å². The van der Waals surface area contributed by atoms with Gasteiger partial charge < -0.3 is 10.6 Å². The van der Waals surface area contributed by atoms with E-state index in [9.17, 15) is 9.18 Å². The topological polar surface area (TPSA) is 75.4 Å². The van der Waals surface area contributed by atoms with Crippen molar-refractivity contribution in [1.82, 2.24) is 19.8 Å². The van der Waals surface area contributed by atoms with Gasteiger partial charge in [-0.3, -0.25) is 9.69 Å². The SMILES string of the molecule is Cc1cc(C(=O)N2CC[C@@H](N(C)Cc3nccc(N)n3)C2)cc(C)c1F. The Kier molecular flexibility index (Phi) is 5.18. The van der Waals surface area contributed by atoms with E-state index in [0.717, 1.165) is 6.42 Å². The van der Waals surface area contributed by atoms with Gasteiger partial charge in [0, 0.05) is 30.9 Å². The van der Waals surface area contributed by atoms with Gasteiger partial charge in [0.15, 0.2) is 0 Å².